The zero-order valence-electron chi connectivity index (χ0n) is 12.5. The van der Waals surface area contributed by atoms with Crippen LogP contribution in [-0.4, -0.2) is 43.4 Å². The van der Waals surface area contributed by atoms with Gasteiger partial charge in [0.2, 0.25) is 5.75 Å². The molecule has 1 aromatic carbocycles. The molecular weight excluding hydrogens is 406 g/mol. The lowest BCUT2D eigenvalue weighted by molar-refractivity contribution is 0.0919. The highest BCUT2D eigenvalue weighted by atomic mass is 79.9. The zero-order valence-corrected chi connectivity index (χ0v) is 15.6. The second kappa shape index (κ2) is 7.89. The Bertz CT molecular complexity index is 504. The van der Waals surface area contributed by atoms with Crippen LogP contribution in [0.2, 0.25) is 0 Å². The summed E-state index contributed by atoms with van der Waals surface area (Å²) in [7, 11) is 4.52. The Kier molecular flexibility index (Phi) is 6.80. The van der Waals surface area contributed by atoms with E-state index < -0.39 is 5.54 Å². The molecular formula is C14H19Br2NO4. The molecule has 0 aliphatic carbocycles. The van der Waals surface area contributed by atoms with Crippen molar-refractivity contribution < 1.29 is 19.0 Å². The number of ether oxygens (including phenoxy) is 3. The summed E-state index contributed by atoms with van der Waals surface area (Å²) < 4.78 is 15.8. The first-order valence-corrected chi connectivity index (χ1v) is 8.44. The molecule has 21 heavy (non-hydrogen) atoms. The summed E-state index contributed by atoms with van der Waals surface area (Å²) in [5.74, 6) is 1.01. The second-order valence-corrected chi connectivity index (χ2v) is 5.79. The number of hydrogen-bond acceptors (Lipinski definition) is 4. The molecule has 0 radical (unpaired) electrons. The lowest BCUT2D eigenvalue weighted by Gasteiger charge is -2.27. The van der Waals surface area contributed by atoms with Crippen molar-refractivity contribution in [2.75, 3.05) is 32.0 Å². The number of halogens is 2. The van der Waals surface area contributed by atoms with Gasteiger partial charge in [-0.15, -0.1) is 0 Å². The Morgan fingerprint density at radius 1 is 1.10 bits per heavy atom. The first kappa shape index (κ1) is 18.1. The van der Waals surface area contributed by atoms with Crippen LogP contribution in [0.5, 0.6) is 17.2 Å². The number of carbonyl (C=O) groups is 1. The van der Waals surface area contributed by atoms with Gasteiger partial charge in [-0.1, -0.05) is 31.9 Å². The number of benzene rings is 1. The van der Waals surface area contributed by atoms with Gasteiger partial charge in [0, 0.05) is 10.7 Å². The molecule has 5 nitrogen and oxygen atoms in total. The van der Waals surface area contributed by atoms with Crippen molar-refractivity contribution in [1.82, 2.24) is 5.32 Å². The van der Waals surface area contributed by atoms with Crippen LogP contribution in [0.15, 0.2) is 12.1 Å². The summed E-state index contributed by atoms with van der Waals surface area (Å²) in [6.45, 7) is 1.93. The lowest BCUT2D eigenvalue weighted by atomic mass is 10.1. The van der Waals surface area contributed by atoms with Gasteiger partial charge in [-0.25, -0.2) is 0 Å². The highest BCUT2D eigenvalue weighted by molar-refractivity contribution is 9.09. The standard InChI is InChI=1S/C14H19Br2NO4/c1-14(7-15,8-16)17-13(18)9-5-6-10(19-2)12(21-4)11(9)20-3/h5-6H,7-8H2,1-4H3,(H,17,18). The molecule has 1 N–H and O–H groups in total. The molecule has 0 fully saturated rings. The Labute approximate surface area is 141 Å². The topological polar surface area (TPSA) is 56.8 Å². The van der Waals surface area contributed by atoms with Crippen molar-refractivity contribution in [3.8, 4) is 17.2 Å². The fourth-order valence-electron chi connectivity index (χ4n) is 1.72. The van der Waals surface area contributed by atoms with Gasteiger partial charge in [0.1, 0.15) is 0 Å². The van der Waals surface area contributed by atoms with Gasteiger partial charge >= 0.3 is 0 Å². The predicted octanol–water partition coefficient (Wildman–Crippen LogP) is 2.99. The van der Waals surface area contributed by atoms with Crippen molar-refractivity contribution >= 4 is 37.8 Å². The highest BCUT2D eigenvalue weighted by Gasteiger charge is 2.27. The fourth-order valence-corrected chi connectivity index (χ4v) is 2.93. The van der Waals surface area contributed by atoms with E-state index in [0.29, 0.717) is 33.5 Å². The molecule has 0 spiro atoms. The molecule has 0 atom stereocenters. The minimum Gasteiger partial charge on any atom is -0.493 e. The van der Waals surface area contributed by atoms with E-state index in [1.165, 1.54) is 21.3 Å². The maximum Gasteiger partial charge on any atom is 0.255 e. The molecule has 0 aliphatic rings. The summed E-state index contributed by atoms with van der Waals surface area (Å²) in [5, 5.41) is 4.20. The third-order valence-electron chi connectivity index (χ3n) is 2.95. The maximum atomic E-state index is 12.5. The number of methoxy groups -OCH3 is 3. The summed E-state index contributed by atoms with van der Waals surface area (Å²) in [6.07, 6.45) is 0. The van der Waals surface area contributed by atoms with Gasteiger partial charge in [0.25, 0.3) is 5.91 Å². The van der Waals surface area contributed by atoms with Crippen LogP contribution in [0.4, 0.5) is 0 Å². The van der Waals surface area contributed by atoms with Crippen LogP contribution in [0.3, 0.4) is 0 Å². The lowest BCUT2D eigenvalue weighted by Crippen LogP contribution is -2.49. The third kappa shape index (κ3) is 4.03. The van der Waals surface area contributed by atoms with Crippen LogP contribution >= 0.6 is 31.9 Å². The van der Waals surface area contributed by atoms with E-state index in [-0.39, 0.29) is 5.91 Å². The van der Waals surface area contributed by atoms with Crippen LogP contribution in [-0.2, 0) is 0 Å². The van der Waals surface area contributed by atoms with E-state index in [0.717, 1.165) is 0 Å². The van der Waals surface area contributed by atoms with Crippen molar-refractivity contribution in [1.29, 1.82) is 0 Å². The van der Waals surface area contributed by atoms with Crippen LogP contribution in [0.25, 0.3) is 0 Å². The molecule has 1 rings (SSSR count). The van der Waals surface area contributed by atoms with Gasteiger partial charge < -0.3 is 19.5 Å². The Hall–Kier alpha value is -0.950. The van der Waals surface area contributed by atoms with E-state index in [1.54, 1.807) is 12.1 Å². The van der Waals surface area contributed by atoms with Gasteiger partial charge in [-0.05, 0) is 19.1 Å². The predicted molar refractivity (Wildman–Crippen MR) is 89.6 cm³/mol. The van der Waals surface area contributed by atoms with Crippen LogP contribution in [0.1, 0.15) is 17.3 Å². The second-order valence-electron chi connectivity index (χ2n) is 4.66. The number of alkyl halides is 2. The molecule has 0 aliphatic heterocycles. The first-order valence-electron chi connectivity index (χ1n) is 6.19. The van der Waals surface area contributed by atoms with Gasteiger partial charge in [-0.2, -0.15) is 0 Å². The minimum atomic E-state index is -0.407. The van der Waals surface area contributed by atoms with Gasteiger partial charge in [-0.3, -0.25) is 4.79 Å². The molecule has 1 amide bonds. The van der Waals surface area contributed by atoms with E-state index in [9.17, 15) is 4.79 Å². The van der Waals surface area contributed by atoms with Crippen LogP contribution in [0, 0.1) is 0 Å². The van der Waals surface area contributed by atoms with Crippen molar-refractivity contribution in [2.24, 2.45) is 0 Å². The number of carbonyl (C=O) groups excluding carboxylic acids is 1. The molecule has 0 unspecified atom stereocenters. The van der Waals surface area contributed by atoms with Crippen LogP contribution < -0.4 is 19.5 Å². The quantitative estimate of drug-likeness (QED) is 0.683. The minimum absolute atomic E-state index is 0.241. The fraction of sp³-hybridized carbons (Fsp3) is 0.500. The summed E-state index contributed by atoms with van der Waals surface area (Å²) in [5.41, 5.74) is -0.0156. The van der Waals surface area contributed by atoms with Crippen molar-refractivity contribution in [3.05, 3.63) is 17.7 Å². The average molecular weight is 425 g/mol. The monoisotopic (exact) mass is 423 g/mol. The first-order chi connectivity index (χ1) is 9.96. The van der Waals surface area contributed by atoms with Gasteiger partial charge in [0.15, 0.2) is 11.5 Å². The number of amides is 1. The van der Waals surface area contributed by atoms with E-state index in [2.05, 4.69) is 37.2 Å². The normalized spacial score (nSPS) is 11.0. The third-order valence-corrected chi connectivity index (χ3v) is 5.43. The summed E-state index contributed by atoms with van der Waals surface area (Å²) >= 11 is 6.80. The molecule has 1 aromatic rings. The number of hydrogen-bond donors (Lipinski definition) is 1. The van der Waals surface area contributed by atoms with E-state index in [4.69, 9.17) is 14.2 Å². The molecule has 0 aromatic heterocycles. The number of nitrogens with one attached hydrogen (secondary N) is 1. The summed E-state index contributed by atoms with van der Waals surface area (Å²) in [6, 6.07) is 3.33. The average Bonchev–Trinajstić information content (AvgIpc) is 2.52. The molecule has 0 bridgehead atoms. The molecule has 0 heterocycles. The molecule has 0 saturated carbocycles. The highest BCUT2D eigenvalue weighted by Crippen LogP contribution is 2.39. The zero-order chi connectivity index (χ0) is 16.0. The van der Waals surface area contributed by atoms with Crippen molar-refractivity contribution in [3.63, 3.8) is 0 Å². The molecule has 0 saturated heterocycles. The SMILES string of the molecule is COc1ccc(C(=O)NC(C)(CBr)CBr)c(OC)c1OC. The number of rotatable bonds is 7. The Balaban J connectivity index is 3.21. The van der Waals surface area contributed by atoms with Gasteiger partial charge in [0.05, 0.1) is 32.4 Å². The van der Waals surface area contributed by atoms with Crippen molar-refractivity contribution in [2.45, 2.75) is 12.5 Å². The molecule has 7 heteroatoms. The Morgan fingerprint density at radius 3 is 2.10 bits per heavy atom. The Morgan fingerprint density at radius 2 is 1.67 bits per heavy atom. The van der Waals surface area contributed by atoms with E-state index in [1.807, 2.05) is 6.92 Å². The smallest absolute Gasteiger partial charge is 0.255 e. The van der Waals surface area contributed by atoms with E-state index >= 15 is 0 Å². The maximum absolute atomic E-state index is 12.5. The summed E-state index contributed by atoms with van der Waals surface area (Å²) in [4.78, 5) is 12.5. The largest absolute Gasteiger partial charge is 0.493 e. The molecule has 118 valence electrons.